The van der Waals surface area contributed by atoms with Crippen LogP contribution >= 0.6 is 23.1 Å². The molecule has 4 aromatic rings. The average Bonchev–Trinajstić information content (AvgIpc) is 3.61. The molecular weight excluding hydrogens is 450 g/mol. The van der Waals surface area contributed by atoms with Gasteiger partial charge < -0.3 is 13.9 Å². The first-order valence-electron chi connectivity index (χ1n) is 9.52. The molecule has 1 atom stereocenters. The molecule has 32 heavy (non-hydrogen) atoms. The van der Waals surface area contributed by atoms with E-state index in [1.807, 2.05) is 30.3 Å². The number of furan rings is 2. The molecule has 1 amide bonds. The van der Waals surface area contributed by atoms with Gasteiger partial charge in [-0.3, -0.25) is 14.5 Å². The lowest BCUT2D eigenvalue weighted by atomic mass is 10.00. The highest BCUT2D eigenvalue weighted by atomic mass is 32.2. The predicted molar refractivity (Wildman–Crippen MR) is 118 cm³/mol. The molecule has 1 unspecified atom stereocenters. The van der Waals surface area contributed by atoms with Crippen molar-refractivity contribution in [2.75, 3.05) is 4.90 Å². The molecule has 160 valence electrons. The van der Waals surface area contributed by atoms with Gasteiger partial charge in [-0.2, -0.15) is 0 Å². The number of rotatable bonds is 7. The summed E-state index contributed by atoms with van der Waals surface area (Å²) in [6, 6.07) is 15.2. The largest absolute Gasteiger partial charge is 0.503 e. The Hall–Kier alpha value is -3.63. The van der Waals surface area contributed by atoms with Crippen molar-refractivity contribution >= 4 is 39.9 Å². The van der Waals surface area contributed by atoms with E-state index in [4.69, 9.17) is 8.83 Å². The molecule has 4 heterocycles. The first-order chi connectivity index (χ1) is 15.6. The quantitative estimate of drug-likeness (QED) is 0.235. The fourth-order valence-electron chi connectivity index (χ4n) is 3.37. The van der Waals surface area contributed by atoms with Gasteiger partial charge in [0.1, 0.15) is 11.8 Å². The first kappa shape index (κ1) is 20.3. The average molecular weight is 466 g/mol. The second-order valence-corrected chi connectivity index (χ2v) is 8.97. The van der Waals surface area contributed by atoms with E-state index in [-0.39, 0.29) is 16.5 Å². The van der Waals surface area contributed by atoms with Crippen molar-refractivity contribution in [1.82, 2.24) is 10.2 Å². The van der Waals surface area contributed by atoms with Gasteiger partial charge in [-0.1, -0.05) is 53.4 Å². The lowest BCUT2D eigenvalue weighted by Crippen LogP contribution is -2.30. The molecule has 0 aliphatic carbocycles. The Balaban J connectivity index is 1.47. The second kappa shape index (κ2) is 8.48. The minimum atomic E-state index is -0.991. The highest BCUT2D eigenvalue weighted by Gasteiger charge is 2.48. The van der Waals surface area contributed by atoms with Crippen LogP contribution in [0, 0.1) is 0 Å². The van der Waals surface area contributed by atoms with Crippen LogP contribution in [0.4, 0.5) is 5.13 Å². The summed E-state index contributed by atoms with van der Waals surface area (Å²) in [6.07, 6.45) is 2.78. The smallest absolute Gasteiger partial charge is 0.296 e. The van der Waals surface area contributed by atoms with Crippen LogP contribution in [-0.2, 0) is 10.5 Å². The summed E-state index contributed by atoms with van der Waals surface area (Å²) < 4.78 is 11.3. The van der Waals surface area contributed by atoms with Crippen LogP contribution in [0.15, 0.2) is 91.6 Å². The van der Waals surface area contributed by atoms with Crippen LogP contribution in [-0.4, -0.2) is 27.0 Å². The van der Waals surface area contributed by atoms with E-state index in [2.05, 4.69) is 10.2 Å². The topological polar surface area (TPSA) is 110 Å². The molecule has 1 aromatic carbocycles. The van der Waals surface area contributed by atoms with Gasteiger partial charge in [-0.05, 0) is 29.8 Å². The molecule has 0 bridgehead atoms. The van der Waals surface area contributed by atoms with E-state index in [9.17, 15) is 14.7 Å². The van der Waals surface area contributed by atoms with Crippen molar-refractivity contribution in [3.05, 3.63) is 95.5 Å². The number of carbonyl (C=O) groups excluding carboxylic acids is 2. The zero-order valence-electron chi connectivity index (χ0n) is 16.4. The molecule has 0 saturated heterocycles. The summed E-state index contributed by atoms with van der Waals surface area (Å²) in [5.74, 6) is -1.01. The number of hydrogen-bond acceptors (Lipinski definition) is 9. The fraction of sp³-hybridized carbons (Fsp3) is 0.0909. The number of aliphatic hydroxyl groups excluding tert-OH is 1. The van der Waals surface area contributed by atoms with E-state index in [1.54, 1.807) is 18.2 Å². The minimum absolute atomic E-state index is 0.00845. The molecule has 0 saturated carbocycles. The number of Topliss-reactive ketones (excluding diaryl/α,β-unsaturated/α-hetero) is 1. The molecule has 1 N–H and O–H groups in total. The van der Waals surface area contributed by atoms with E-state index in [0.29, 0.717) is 15.9 Å². The van der Waals surface area contributed by atoms with Crippen molar-refractivity contribution in [3.8, 4) is 0 Å². The number of aromatic nitrogens is 2. The maximum Gasteiger partial charge on any atom is 0.296 e. The molecule has 8 nitrogen and oxygen atoms in total. The van der Waals surface area contributed by atoms with Gasteiger partial charge in [0.25, 0.3) is 5.91 Å². The first-order valence-corrected chi connectivity index (χ1v) is 11.3. The van der Waals surface area contributed by atoms with E-state index < -0.39 is 23.5 Å². The van der Waals surface area contributed by atoms with Crippen molar-refractivity contribution in [3.63, 3.8) is 0 Å². The van der Waals surface area contributed by atoms with Gasteiger partial charge >= 0.3 is 0 Å². The van der Waals surface area contributed by atoms with E-state index in [1.165, 1.54) is 46.6 Å². The number of anilines is 1. The molecule has 5 rings (SSSR count). The number of carbonyl (C=O) groups is 2. The Morgan fingerprint density at radius 1 is 1.06 bits per heavy atom. The zero-order valence-corrected chi connectivity index (χ0v) is 18.0. The molecule has 1 aliphatic rings. The predicted octanol–water partition coefficient (Wildman–Crippen LogP) is 4.80. The SMILES string of the molecule is O=C(C1=C(O)C(=O)N(c2nnc(SCc3ccccc3)s2)C1c1ccco1)c1ccco1. The van der Waals surface area contributed by atoms with Gasteiger partial charge in [0.2, 0.25) is 10.9 Å². The minimum Gasteiger partial charge on any atom is -0.503 e. The highest BCUT2D eigenvalue weighted by Crippen LogP contribution is 2.44. The Kier molecular flexibility index (Phi) is 5.38. The number of hydrogen-bond donors (Lipinski definition) is 1. The number of benzene rings is 1. The van der Waals surface area contributed by atoms with Crippen LogP contribution in [0.25, 0.3) is 0 Å². The van der Waals surface area contributed by atoms with Crippen molar-refractivity contribution in [2.45, 2.75) is 16.1 Å². The number of nitrogens with zero attached hydrogens (tertiary/aromatic N) is 3. The maximum absolute atomic E-state index is 13.0. The number of thioether (sulfide) groups is 1. The third-order valence-electron chi connectivity index (χ3n) is 4.82. The van der Waals surface area contributed by atoms with Gasteiger partial charge in [0.05, 0.1) is 18.1 Å². The molecule has 3 aromatic heterocycles. The van der Waals surface area contributed by atoms with Crippen LogP contribution < -0.4 is 4.90 Å². The Labute approximate surface area is 190 Å². The third-order valence-corrected chi connectivity index (χ3v) is 6.94. The Morgan fingerprint density at radius 2 is 1.84 bits per heavy atom. The molecule has 1 aliphatic heterocycles. The summed E-state index contributed by atoms with van der Waals surface area (Å²) in [6.45, 7) is 0. The van der Waals surface area contributed by atoms with Crippen LogP contribution in [0.5, 0.6) is 0 Å². The third kappa shape index (κ3) is 3.63. The number of ketones is 1. The lowest BCUT2D eigenvalue weighted by molar-refractivity contribution is -0.117. The fourth-order valence-corrected chi connectivity index (χ4v) is 5.19. The lowest BCUT2D eigenvalue weighted by Gasteiger charge is -2.21. The van der Waals surface area contributed by atoms with Crippen LogP contribution in [0.1, 0.15) is 27.9 Å². The van der Waals surface area contributed by atoms with Crippen molar-refractivity contribution in [1.29, 1.82) is 0 Å². The van der Waals surface area contributed by atoms with Crippen LogP contribution in [0.2, 0.25) is 0 Å². The molecule has 0 spiro atoms. The normalized spacial score (nSPS) is 16.2. The van der Waals surface area contributed by atoms with Gasteiger partial charge in [-0.15, -0.1) is 10.2 Å². The monoisotopic (exact) mass is 465 g/mol. The number of amides is 1. The van der Waals surface area contributed by atoms with Crippen LogP contribution in [0.3, 0.4) is 0 Å². The molecule has 0 fully saturated rings. The number of aliphatic hydroxyl groups is 1. The molecular formula is C22H15N3O5S2. The van der Waals surface area contributed by atoms with E-state index in [0.717, 1.165) is 5.56 Å². The second-order valence-electron chi connectivity index (χ2n) is 6.79. The van der Waals surface area contributed by atoms with Gasteiger partial charge in [0.15, 0.2) is 15.9 Å². The van der Waals surface area contributed by atoms with Gasteiger partial charge in [-0.25, -0.2) is 0 Å². The summed E-state index contributed by atoms with van der Waals surface area (Å²) in [5.41, 5.74) is 0.999. The molecule has 10 heteroatoms. The summed E-state index contributed by atoms with van der Waals surface area (Å²) >= 11 is 2.68. The Morgan fingerprint density at radius 3 is 2.56 bits per heavy atom. The standard InChI is InChI=1S/C22H15N3O5S2/c26-18(15-9-5-11-30-15)16-17(14-8-4-10-29-14)25(20(28)19(16)27)21-23-24-22(32-21)31-12-13-6-2-1-3-7-13/h1-11,17,27H,12H2. The molecule has 0 radical (unpaired) electrons. The summed E-state index contributed by atoms with van der Waals surface area (Å²) in [7, 11) is 0. The summed E-state index contributed by atoms with van der Waals surface area (Å²) in [5, 5.41) is 19.2. The van der Waals surface area contributed by atoms with E-state index >= 15 is 0 Å². The van der Waals surface area contributed by atoms with Crippen molar-refractivity contribution in [2.24, 2.45) is 0 Å². The Bertz CT molecular complexity index is 1280. The van der Waals surface area contributed by atoms with Gasteiger partial charge in [0, 0.05) is 5.75 Å². The zero-order chi connectivity index (χ0) is 22.1. The maximum atomic E-state index is 13.0. The highest BCUT2D eigenvalue weighted by molar-refractivity contribution is 8.00. The van der Waals surface area contributed by atoms with Crippen molar-refractivity contribution < 1.29 is 23.5 Å². The summed E-state index contributed by atoms with van der Waals surface area (Å²) in [4.78, 5) is 27.3.